The highest BCUT2D eigenvalue weighted by atomic mass is 16.5. The van der Waals surface area contributed by atoms with Crippen molar-refractivity contribution in [3.63, 3.8) is 0 Å². The van der Waals surface area contributed by atoms with Gasteiger partial charge < -0.3 is 14.4 Å². The zero-order valence-electron chi connectivity index (χ0n) is 19.1. The summed E-state index contributed by atoms with van der Waals surface area (Å²) in [6.45, 7) is 7.56. The van der Waals surface area contributed by atoms with Crippen molar-refractivity contribution in [1.29, 1.82) is 0 Å². The number of nitrogens with zero attached hydrogens (tertiary/aromatic N) is 4. The van der Waals surface area contributed by atoms with Crippen LogP contribution in [0.3, 0.4) is 0 Å². The zero-order valence-corrected chi connectivity index (χ0v) is 19.1. The Balaban J connectivity index is 1.28. The first-order valence-electron chi connectivity index (χ1n) is 11.1. The third kappa shape index (κ3) is 5.21. The van der Waals surface area contributed by atoms with Crippen LogP contribution in [0.15, 0.2) is 67.0 Å². The van der Waals surface area contributed by atoms with Crippen molar-refractivity contribution in [2.45, 2.75) is 39.6 Å². The van der Waals surface area contributed by atoms with Gasteiger partial charge in [0.05, 0.1) is 19.2 Å². The van der Waals surface area contributed by atoms with Crippen LogP contribution in [0.1, 0.15) is 16.8 Å². The highest BCUT2D eigenvalue weighted by Crippen LogP contribution is 2.25. The largest absolute Gasteiger partial charge is 0.492 e. The van der Waals surface area contributed by atoms with E-state index in [9.17, 15) is 5.11 Å². The molecular formula is C26H32N4O2. The highest BCUT2D eigenvalue weighted by molar-refractivity contribution is 5.85. The number of benzene rings is 2. The Morgan fingerprint density at radius 1 is 1.06 bits per heavy atom. The number of aryl methyl sites for hydroxylation is 1. The first-order valence-corrected chi connectivity index (χ1v) is 11.1. The second-order valence-corrected chi connectivity index (χ2v) is 8.45. The summed E-state index contributed by atoms with van der Waals surface area (Å²) in [5.74, 6) is 0.855. The second-order valence-electron chi connectivity index (χ2n) is 8.45. The van der Waals surface area contributed by atoms with Crippen molar-refractivity contribution in [2.75, 3.05) is 20.2 Å². The van der Waals surface area contributed by atoms with Gasteiger partial charge in [-0.3, -0.25) is 9.58 Å². The fourth-order valence-electron chi connectivity index (χ4n) is 4.22. The molecule has 1 atom stereocenters. The number of fused-ring (bicyclic) bond motifs is 1. The van der Waals surface area contributed by atoms with Gasteiger partial charge in [0.25, 0.3) is 0 Å². The van der Waals surface area contributed by atoms with E-state index in [1.807, 2.05) is 36.1 Å². The summed E-state index contributed by atoms with van der Waals surface area (Å²) in [7, 11) is 2.05. The third-order valence-electron chi connectivity index (χ3n) is 5.99. The predicted molar refractivity (Wildman–Crippen MR) is 128 cm³/mol. The van der Waals surface area contributed by atoms with E-state index in [2.05, 4.69) is 64.8 Å². The van der Waals surface area contributed by atoms with E-state index in [4.69, 9.17) is 4.74 Å². The maximum atomic E-state index is 10.8. The molecular weight excluding hydrogens is 400 g/mol. The van der Waals surface area contributed by atoms with E-state index in [1.165, 1.54) is 27.7 Å². The van der Waals surface area contributed by atoms with Crippen LogP contribution in [0.4, 0.5) is 0 Å². The summed E-state index contributed by atoms with van der Waals surface area (Å²) in [6, 6.07) is 18.5. The van der Waals surface area contributed by atoms with Crippen molar-refractivity contribution < 1.29 is 9.84 Å². The number of aliphatic hydroxyl groups excluding tert-OH is 1. The molecule has 0 aliphatic heterocycles. The van der Waals surface area contributed by atoms with E-state index >= 15 is 0 Å². The van der Waals surface area contributed by atoms with Gasteiger partial charge in [0.1, 0.15) is 12.4 Å². The number of ether oxygens (including phenoxy) is 1. The van der Waals surface area contributed by atoms with E-state index in [-0.39, 0.29) is 0 Å². The standard InChI is InChI=1S/C26H32N4O2/c1-20-21(2)30(26-8-5-4-7-25(20)26)19-23(31)18-28(3)17-22-9-11-24(12-10-22)32-16-15-29-14-6-13-27-29/h4-14,23,31H,15-19H2,1-3H3. The minimum absolute atomic E-state index is 0.446. The highest BCUT2D eigenvalue weighted by Gasteiger charge is 2.15. The van der Waals surface area contributed by atoms with E-state index in [1.54, 1.807) is 6.20 Å². The summed E-state index contributed by atoms with van der Waals surface area (Å²) < 4.78 is 9.89. The summed E-state index contributed by atoms with van der Waals surface area (Å²) in [6.07, 6.45) is 3.25. The van der Waals surface area contributed by atoms with Crippen molar-refractivity contribution >= 4 is 10.9 Å². The quantitative estimate of drug-likeness (QED) is 0.411. The number of hydrogen-bond donors (Lipinski definition) is 1. The molecule has 1 unspecified atom stereocenters. The Morgan fingerprint density at radius 3 is 2.59 bits per heavy atom. The molecule has 32 heavy (non-hydrogen) atoms. The van der Waals surface area contributed by atoms with Crippen LogP contribution >= 0.6 is 0 Å². The lowest BCUT2D eigenvalue weighted by Crippen LogP contribution is -2.32. The molecule has 0 saturated carbocycles. The van der Waals surface area contributed by atoms with Gasteiger partial charge in [-0.2, -0.15) is 5.10 Å². The molecule has 4 aromatic rings. The molecule has 0 amide bonds. The Bertz CT molecular complexity index is 1130. The molecule has 0 bridgehead atoms. The van der Waals surface area contributed by atoms with Gasteiger partial charge in [0.2, 0.25) is 0 Å². The smallest absolute Gasteiger partial charge is 0.119 e. The van der Waals surface area contributed by atoms with E-state index in [0.717, 1.165) is 18.8 Å². The van der Waals surface area contributed by atoms with Crippen LogP contribution in [0.5, 0.6) is 5.75 Å². The molecule has 0 radical (unpaired) electrons. The first-order chi connectivity index (χ1) is 15.5. The number of hydrogen-bond acceptors (Lipinski definition) is 4. The van der Waals surface area contributed by atoms with Crippen molar-refractivity contribution in [3.8, 4) is 5.75 Å². The second kappa shape index (κ2) is 10.0. The normalized spacial score (nSPS) is 12.5. The number of likely N-dealkylation sites (N-methyl/N-ethyl adjacent to an activating group) is 1. The van der Waals surface area contributed by atoms with Crippen molar-refractivity contribution in [1.82, 2.24) is 19.2 Å². The topological polar surface area (TPSA) is 55.4 Å². The minimum Gasteiger partial charge on any atom is -0.492 e. The van der Waals surface area contributed by atoms with Gasteiger partial charge in [-0.1, -0.05) is 30.3 Å². The van der Waals surface area contributed by atoms with Gasteiger partial charge in [0, 0.05) is 42.1 Å². The Kier molecular flexibility index (Phi) is 6.93. The molecule has 2 aromatic heterocycles. The average molecular weight is 433 g/mol. The lowest BCUT2D eigenvalue weighted by Gasteiger charge is -2.22. The lowest BCUT2D eigenvalue weighted by molar-refractivity contribution is 0.108. The van der Waals surface area contributed by atoms with Crippen LogP contribution in [0.25, 0.3) is 10.9 Å². The lowest BCUT2D eigenvalue weighted by atomic mass is 10.2. The molecule has 2 aromatic carbocycles. The van der Waals surface area contributed by atoms with Crippen LogP contribution in [0.2, 0.25) is 0 Å². The Hall–Kier alpha value is -3.09. The predicted octanol–water partition coefficient (Wildman–Crippen LogP) is 4.03. The Labute approximate surface area is 189 Å². The SMILES string of the molecule is Cc1c(C)n(CC(O)CN(C)Cc2ccc(OCCn3cccn3)cc2)c2ccccc12. The van der Waals surface area contributed by atoms with E-state index in [0.29, 0.717) is 19.7 Å². The third-order valence-corrected chi connectivity index (χ3v) is 5.99. The fourth-order valence-corrected chi connectivity index (χ4v) is 4.22. The maximum Gasteiger partial charge on any atom is 0.119 e. The van der Waals surface area contributed by atoms with Crippen LogP contribution < -0.4 is 4.74 Å². The molecule has 0 fully saturated rings. The molecule has 0 aliphatic carbocycles. The molecule has 6 nitrogen and oxygen atoms in total. The molecule has 6 heteroatoms. The molecule has 4 rings (SSSR count). The monoisotopic (exact) mass is 432 g/mol. The number of aromatic nitrogens is 3. The molecule has 0 saturated heterocycles. The zero-order chi connectivity index (χ0) is 22.5. The summed E-state index contributed by atoms with van der Waals surface area (Å²) >= 11 is 0. The van der Waals surface area contributed by atoms with Gasteiger partial charge in [0.15, 0.2) is 0 Å². The summed E-state index contributed by atoms with van der Waals surface area (Å²) in [4.78, 5) is 2.16. The van der Waals surface area contributed by atoms with Gasteiger partial charge >= 0.3 is 0 Å². The van der Waals surface area contributed by atoms with Gasteiger partial charge in [-0.05, 0) is 56.3 Å². The molecule has 0 spiro atoms. The molecule has 1 N–H and O–H groups in total. The van der Waals surface area contributed by atoms with Gasteiger partial charge in [-0.25, -0.2) is 0 Å². The fraction of sp³-hybridized carbons (Fsp3) is 0.346. The number of aliphatic hydroxyl groups is 1. The maximum absolute atomic E-state index is 10.8. The molecule has 2 heterocycles. The molecule has 0 aliphatic rings. The van der Waals surface area contributed by atoms with Gasteiger partial charge in [-0.15, -0.1) is 0 Å². The van der Waals surface area contributed by atoms with Crippen molar-refractivity contribution in [2.24, 2.45) is 0 Å². The summed E-state index contributed by atoms with van der Waals surface area (Å²) in [5.41, 5.74) is 4.88. The van der Waals surface area contributed by atoms with Crippen molar-refractivity contribution in [3.05, 3.63) is 83.8 Å². The Morgan fingerprint density at radius 2 is 1.84 bits per heavy atom. The first kappa shape index (κ1) is 22.1. The average Bonchev–Trinajstić information content (AvgIpc) is 3.38. The molecule has 168 valence electrons. The van der Waals surface area contributed by atoms with E-state index < -0.39 is 6.10 Å². The number of para-hydroxylation sites is 1. The van der Waals surface area contributed by atoms with Crippen LogP contribution in [-0.4, -0.2) is 50.7 Å². The summed E-state index contributed by atoms with van der Waals surface area (Å²) in [5, 5.41) is 16.2. The van der Waals surface area contributed by atoms with Crippen LogP contribution in [-0.2, 0) is 19.6 Å². The number of rotatable bonds is 10. The minimum atomic E-state index is -0.446. The van der Waals surface area contributed by atoms with Crippen LogP contribution in [0, 0.1) is 13.8 Å².